The molecule has 4 N–H and O–H groups in total. The number of hydrogen-bond acceptors (Lipinski definition) is 5. The fourth-order valence-electron chi connectivity index (χ4n) is 5.80. The maximum absolute atomic E-state index is 14.4. The Morgan fingerprint density at radius 3 is 2.76 bits per heavy atom. The molecule has 9 heteroatoms. The van der Waals surface area contributed by atoms with E-state index in [4.69, 9.17) is 0 Å². The minimum Gasteiger partial charge on any atom is -0.389 e. The molecular formula is C29H43F2N5O2. The summed E-state index contributed by atoms with van der Waals surface area (Å²) in [6.07, 6.45) is 11.8. The Morgan fingerprint density at radius 1 is 1.26 bits per heavy atom. The van der Waals surface area contributed by atoms with Crippen molar-refractivity contribution in [1.82, 2.24) is 20.2 Å². The Labute approximate surface area is 224 Å². The molecule has 2 aliphatic rings. The van der Waals surface area contributed by atoms with Crippen LogP contribution < -0.4 is 16.0 Å². The standard InChI is InChI=1S/C29H43F2N5O2/c1-4-8-25(34-22-10-9-20-13-21(30)14-24(31)23(20)15-22)27(37)35-26-16-36(19-33-26)28(2,3)17-32-18-29(38)11-6-5-7-12-29/h13-14,16,19,22,25,32,34,38H,4-12,15,17-18H2,1-3H3,(H,35,37)/t22?,25-/m0/s1. The summed E-state index contributed by atoms with van der Waals surface area (Å²) in [7, 11) is 0. The van der Waals surface area contributed by atoms with Crippen LogP contribution in [0, 0.1) is 11.6 Å². The third-order valence-electron chi connectivity index (χ3n) is 8.12. The minimum absolute atomic E-state index is 0.0636. The van der Waals surface area contributed by atoms with E-state index in [0.29, 0.717) is 55.7 Å². The molecule has 210 valence electrons. The van der Waals surface area contributed by atoms with Gasteiger partial charge in [0.15, 0.2) is 5.82 Å². The molecule has 0 spiro atoms. The lowest BCUT2D eigenvalue weighted by molar-refractivity contribution is -0.118. The molecule has 1 amide bonds. The third-order valence-corrected chi connectivity index (χ3v) is 8.12. The van der Waals surface area contributed by atoms with Crippen LogP contribution in [-0.4, -0.2) is 51.3 Å². The fraction of sp³-hybridized carbons (Fsp3) is 0.655. The van der Waals surface area contributed by atoms with Gasteiger partial charge >= 0.3 is 0 Å². The molecule has 1 fully saturated rings. The molecule has 2 atom stereocenters. The molecule has 38 heavy (non-hydrogen) atoms. The SMILES string of the molecule is CCC[C@H](NC1CCc2cc(F)cc(F)c2C1)C(=O)Nc1cn(C(C)(C)CNCC2(O)CCCCC2)cn1. The lowest BCUT2D eigenvalue weighted by Gasteiger charge is -2.34. The predicted molar refractivity (Wildman–Crippen MR) is 145 cm³/mol. The Bertz CT molecular complexity index is 1100. The van der Waals surface area contributed by atoms with Crippen LogP contribution in [0.15, 0.2) is 24.7 Å². The number of aliphatic hydroxyl groups is 1. The zero-order chi connectivity index (χ0) is 27.3. The number of halogens is 2. The fourth-order valence-corrected chi connectivity index (χ4v) is 5.80. The van der Waals surface area contributed by atoms with E-state index in [-0.39, 0.29) is 17.5 Å². The van der Waals surface area contributed by atoms with E-state index in [1.165, 1.54) is 12.5 Å². The minimum atomic E-state index is -0.619. The lowest BCUT2D eigenvalue weighted by atomic mass is 9.85. The summed E-state index contributed by atoms with van der Waals surface area (Å²) in [5.41, 5.74) is 0.330. The highest BCUT2D eigenvalue weighted by molar-refractivity contribution is 5.94. The molecule has 0 aliphatic heterocycles. The van der Waals surface area contributed by atoms with E-state index in [0.717, 1.165) is 38.2 Å². The van der Waals surface area contributed by atoms with Gasteiger partial charge in [-0.15, -0.1) is 0 Å². The zero-order valence-corrected chi connectivity index (χ0v) is 23.0. The van der Waals surface area contributed by atoms with Gasteiger partial charge in [-0.05, 0) is 69.6 Å². The van der Waals surface area contributed by atoms with Crippen molar-refractivity contribution in [2.75, 3.05) is 18.4 Å². The Balaban J connectivity index is 1.32. The number of carbonyl (C=O) groups excluding carboxylic acids is 1. The Morgan fingerprint density at radius 2 is 2.03 bits per heavy atom. The number of imidazole rings is 1. The van der Waals surface area contributed by atoms with Crippen molar-refractivity contribution in [3.8, 4) is 0 Å². The number of fused-ring (bicyclic) bond motifs is 1. The van der Waals surface area contributed by atoms with E-state index in [9.17, 15) is 18.7 Å². The molecule has 0 bridgehead atoms. The molecule has 1 saturated carbocycles. The van der Waals surface area contributed by atoms with Gasteiger partial charge in [-0.2, -0.15) is 0 Å². The average Bonchev–Trinajstić information content (AvgIpc) is 3.34. The van der Waals surface area contributed by atoms with Gasteiger partial charge in [0.1, 0.15) is 11.6 Å². The third kappa shape index (κ3) is 7.18. The van der Waals surface area contributed by atoms with E-state index >= 15 is 0 Å². The van der Waals surface area contributed by atoms with Crippen molar-refractivity contribution in [3.63, 3.8) is 0 Å². The Hall–Kier alpha value is -2.36. The molecule has 1 heterocycles. The first-order valence-corrected chi connectivity index (χ1v) is 14.1. The number of carbonyl (C=O) groups is 1. The quantitative estimate of drug-likeness (QED) is 0.344. The highest BCUT2D eigenvalue weighted by atomic mass is 19.1. The van der Waals surface area contributed by atoms with Gasteiger partial charge in [0.25, 0.3) is 0 Å². The maximum atomic E-state index is 14.4. The molecule has 4 rings (SSSR count). The number of aromatic nitrogens is 2. The molecule has 7 nitrogen and oxygen atoms in total. The molecule has 2 aliphatic carbocycles. The van der Waals surface area contributed by atoms with Crippen LogP contribution in [-0.2, 0) is 23.2 Å². The molecule has 1 aromatic heterocycles. The maximum Gasteiger partial charge on any atom is 0.242 e. The molecule has 1 unspecified atom stereocenters. The van der Waals surface area contributed by atoms with Crippen molar-refractivity contribution >= 4 is 11.7 Å². The summed E-state index contributed by atoms with van der Waals surface area (Å²) in [6, 6.07) is 1.84. The van der Waals surface area contributed by atoms with Crippen LogP contribution in [0.1, 0.15) is 83.3 Å². The van der Waals surface area contributed by atoms with Crippen LogP contribution in [0.4, 0.5) is 14.6 Å². The number of nitrogens with zero attached hydrogens (tertiary/aromatic N) is 2. The number of nitrogens with one attached hydrogen (secondary N) is 3. The highest BCUT2D eigenvalue weighted by Crippen LogP contribution is 2.28. The van der Waals surface area contributed by atoms with Crippen LogP contribution in [0.3, 0.4) is 0 Å². The number of hydrogen-bond donors (Lipinski definition) is 4. The van der Waals surface area contributed by atoms with Crippen molar-refractivity contribution in [2.24, 2.45) is 0 Å². The molecule has 2 aromatic rings. The van der Waals surface area contributed by atoms with Gasteiger partial charge in [0, 0.05) is 31.4 Å². The van der Waals surface area contributed by atoms with E-state index in [1.807, 2.05) is 17.7 Å². The lowest BCUT2D eigenvalue weighted by Crippen LogP contribution is -2.48. The van der Waals surface area contributed by atoms with Crippen LogP contribution >= 0.6 is 0 Å². The average molecular weight is 532 g/mol. The summed E-state index contributed by atoms with van der Waals surface area (Å²) in [6.45, 7) is 7.43. The first-order chi connectivity index (χ1) is 18.1. The summed E-state index contributed by atoms with van der Waals surface area (Å²) in [5, 5.41) is 20.6. The van der Waals surface area contributed by atoms with Crippen molar-refractivity contribution in [2.45, 2.75) is 108 Å². The largest absolute Gasteiger partial charge is 0.389 e. The van der Waals surface area contributed by atoms with E-state index < -0.39 is 23.3 Å². The first kappa shape index (κ1) is 28.6. The summed E-state index contributed by atoms with van der Waals surface area (Å²) >= 11 is 0. The van der Waals surface area contributed by atoms with Crippen LogP contribution in [0.5, 0.6) is 0 Å². The smallest absolute Gasteiger partial charge is 0.242 e. The van der Waals surface area contributed by atoms with E-state index in [1.54, 1.807) is 6.33 Å². The topological polar surface area (TPSA) is 91.2 Å². The zero-order valence-electron chi connectivity index (χ0n) is 23.0. The normalized spacial score (nSPS) is 20.1. The summed E-state index contributed by atoms with van der Waals surface area (Å²) in [5.74, 6) is -0.750. The second kappa shape index (κ2) is 12.2. The Kier molecular flexibility index (Phi) is 9.21. The van der Waals surface area contributed by atoms with Gasteiger partial charge in [-0.1, -0.05) is 32.6 Å². The molecule has 0 saturated heterocycles. The van der Waals surface area contributed by atoms with Gasteiger partial charge < -0.3 is 25.6 Å². The molecular weight excluding hydrogens is 488 g/mol. The van der Waals surface area contributed by atoms with E-state index in [2.05, 4.69) is 34.8 Å². The second-order valence-corrected chi connectivity index (χ2v) is 11.8. The second-order valence-electron chi connectivity index (χ2n) is 11.8. The number of aryl methyl sites for hydroxylation is 1. The molecule has 0 radical (unpaired) electrons. The van der Waals surface area contributed by atoms with Crippen molar-refractivity contribution in [1.29, 1.82) is 0 Å². The molecule has 1 aromatic carbocycles. The number of anilines is 1. The van der Waals surface area contributed by atoms with Gasteiger partial charge in [-0.3, -0.25) is 4.79 Å². The van der Waals surface area contributed by atoms with Crippen LogP contribution in [0.2, 0.25) is 0 Å². The monoisotopic (exact) mass is 531 g/mol. The highest BCUT2D eigenvalue weighted by Gasteiger charge is 2.31. The summed E-state index contributed by atoms with van der Waals surface area (Å²) in [4.78, 5) is 17.6. The van der Waals surface area contributed by atoms with Gasteiger partial charge in [-0.25, -0.2) is 13.8 Å². The van der Waals surface area contributed by atoms with Crippen molar-refractivity contribution in [3.05, 3.63) is 47.4 Å². The predicted octanol–water partition coefficient (Wildman–Crippen LogP) is 4.44. The van der Waals surface area contributed by atoms with Gasteiger partial charge in [0.2, 0.25) is 5.91 Å². The van der Waals surface area contributed by atoms with Crippen molar-refractivity contribution < 1.29 is 18.7 Å². The summed E-state index contributed by atoms with van der Waals surface area (Å²) < 4.78 is 29.9. The number of benzene rings is 1. The number of amides is 1. The number of rotatable bonds is 11. The van der Waals surface area contributed by atoms with Crippen LogP contribution in [0.25, 0.3) is 0 Å². The van der Waals surface area contributed by atoms with Gasteiger partial charge in [0.05, 0.1) is 23.5 Å². The first-order valence-electron chi connectivity index (χ1n) is 14.1.